The van der Waals surface area contributed by atoms with Crippen LogP contribution < -0.4 is 4.90 Å². The highest BCUT2D eigenvalue weighted by Gasteiger charge is 2.17. The smallest absolute Gasteiger partial charge is 0.316 e. The normalized spacial score (nSPS) is 10.2. The number of aryl methyl sites for hydroxylation is 3. The molecule has 6 heteroatoms. The number of nitriles is 1. The van der Waals surface area contributed by atoms with Gasteiger partial charge in [0.15, 0.2) is 6.61 Å². The van der Waals surface area contributed by atoms with Crippen molar-refractivity contribution in [2.75, 3.05) is 23.8 Å². The number of nitrogens with zero attached hydrogens (tertiary/aromatic N) is 2. The van der Waals surface area contributed by atoms with Gasteiger partial charge >= 0.3 is 5.97 Å². The van der Waals surface area contributed by atoms with Crippen molar-refractivity contribution in [2.45, 2.75) is 32.1 Å². The number of hydrogen-bond donors (Lipinski definition) is 0. The largest absolute Gasteiger partial charge is 0.455 e. The van der Waals surface area contributed by atoms with Gasteiger partial charge in [0, 0.05) is 17.1 Å². The lowest BCUT2D eigenvalue weighted by Gasteiger charge is -2.21. The molecule has 0 heterocycles. The van der Waals surface area contributed by atoms with Gasteiger partial charge < -0.3 is 9.64 Å². The van der Waals surface area contributed by atoms with E-state index in [1.807, 2.05) is 63.2 Å². The molecule has 0 radical (unpaired) electrons. The molecule has 0 atom stereocenters. The van der Waals surface area contributed by atoms with Crippen LogP contribution in [0.4, 0.5) is 5.69 Å². The Morgan fingerprint density at radius 1 is 1.07 bits per heavy atom. The van der Waals surface area contributed by atoms with Crippen molar-refractivity contribution < 1.29 is 14.3 Å². The molecule has 0 fully saturated rings. The van der Waals surface area contributed by atoms with Crippen molar-refractivity contribution in [3.63, 3.8) is 0 Å². The Morgan fingerprint density at radius 3 is 2.39 bits per heavy atom. The standard InChI is InChI=1S/C22H24N2O3S/c1-16-5-8-19(9-6-16)24(12-4-11-23)21(25)14-27-22(26)15-28-20-10-7-17(2)13-18(20)3/h5-10,13H,4,12,14-15H2,1-3H3. The summed E-state index contributed by atoms with van der Waals surface area (Å²) < 4.78 is 5.16. The van der Waals surface area contributed by atoms with Gasteiger partial charge in [0.05, 0.1) is 18.2 Å². The third kappa shape index (κ3) is 6.43. The zero-order chi connectivity index (χ0) is 20.5. The van der Waals surface area contributed by atoms with E-state index in [0.717, 1.165) is 16.0 Å². The maximum Gasteiger partial charge on any atom is 0.316 e. The van der Waals surface area contributed by atoms with Crippen LogP contribution in [0.15, 0.2) is 47.4 Å². The molecule has 0 aromatic heterocycles. The van der Waals surface area contributed by atoms with Crippen molar-refractivity contribution in [3.05, 3.63) is 59.2 Å². The Kier molecular flexibility index (Phi) is 8.09. The minimum Gasteiger partial charge on any atom is -0.455 e. The zero-order valence-electron chi connectivity index (χ0n) is 16.4. The van der Waals surface area contributed by atoms with E-state index in [2.05, 4.69) is 6.07 Å². The molecule has 146 valence electrons. The summed E-state index contributed by atoms with van der Waals surface area (Å²) >= 11 is 1.39. The van der Waals surface area contributed by atoms with Crippen molar-refractivity contribution >= 4 is 29.3 Å². The number of thioether (sulfide) groups is 1. The highest BCUT2D eigenvalue weighted by Crippen LogP contribution is 2.23. The molecule has 0 unspecified atom stereocenters. The number of benzene rings is 2. The van der Waals surface area contributed by atoms with E-state index in [4.69, 9.17) is 10.00 Å². The second-order valence-corrected chi connectivity index (χ2v) is 7.52. The number of ether oxygens (including phenoxy) is 1. The Hall–Kier alpha value is -2.78. The van der Waals surface area contributed by atoms with Crippen LogP contribution in [0.25, 0.3) is 0 Å². The Labute approximate surface area is 170 Å². The lowest BCUT2D eigenvalue weighted by molar-refractivity contribution is -0.145. The predicted octanol–water partition coefficient (Wildman–Crippen LogP) is 4.19. The summed E-state index contributed by atoms with van der Waals surface area (Å²) in [6.07, 6.45) is 0.204. The van der Waals surface area contributed by atoms with E-state index >= 15 is 0 Å². The third-order valence-electron chi connectivity index (χ3n) is 4.13. The lowest BCUT2D eigenvalue weighted by Crippen LogP contribution is -2.35. The maximum absolute atomic E-state index is 12.5. The molecule has 0 spiro atoms. The molecule has 5 nitrogen and oxygen atoms in total. The van der Waals surface area contributed by atoms with Gasteiger partial charge in [-0.05, 0) is 44.5 Å². The Morgan fingerprint density at radius 2 is 1.75 bits per heavy atom. The molecule has 28 heavy (non-hydrogen) atoms. The van der Waals surface area contributed by atoms with E-state index in [9.17, 15) is 9.59 Å². The number of anilines is 1. The molecular formula is C22H24N2O3S. The Bertz CT molecular complexity index is 872. The minimum atomic E-state index is -0.442. The molecule has 0 saturated heterocycles. The average Bonchev–Trinajstić information content (AvgIpc) is 2.67. The van der Waals surface area contributed by atoms with Crippen LogP contribution in [0, 0.1) is 32.1 Å². The number of amides is 1. The van der Waals surface area contributed by atoms with Gasteiger partial charge in [-0.25, -0.2) is 0 Å². The average molecular weight is 397 g/mol. The van der Waals surface area contributed by atoms with Crippen LogP contribution in [-0.2, 0) is 14.3 Å². The summed E-state index contributed by atoms with van der Waals surface area (Å²) in [6, 6.07) is 15.5. The molecule has 0 aliphatic rings. The van der Waals surface area contributed by atoms with Gasteiger partial charge in [-0.15, -0.1) is 11.8 Å². The summed E-state index contributed by atoms with van der Waals surface area (Å²) in [5, 5.41) is 8.85. The van der Waals surface area contributed by atoms with Gasteiger partial charge in [-0.2, -0.15) is 5.26 Å². The molecule has 1 amide bonds. The maximum atomic E-state index is 12.5. The van der Waals surface area contributed by atoms with E-state index in [-0.39, 0.29) is 31.2 Å². The first-order chi connectivity index (χ1) is 13.4. The summed E-state index contributed by atoms with van der Waals surface area (Å²) in [5.74, 6) is -0.647. The van der Waals surface area contributed by atoms with Gasteiger partial charge in [0.1, 0.15) is 0 Å². The van der Waals surface area contributed by atoms with Crippen molar-refractivity contribution in [1.82, 2.24) is 0 Å². The van der Waals surface area contributed by atoms with E-state index in [1.165, 1.54) is 22.2 Å². The summed E-state index contributed by atoms with van der Waals surface area (Å²) in [6.45, 7) is 5.89. The first kappa shape index (κ1) is 21.5. The number of rotatable bonds is 8. The topological polar surface area (TPSA) is 70.4 Å². The second kappa shape index (κ2) is 10.5. The van der Waals surface area contributed by atoms with Crippen molar-refractivity contribution in [3.8, 4) is 6.07 Å². The van der Waals surface area contributed by atoms with Crippen LogP contribution in [0.5, 0.6) is 0 Å². The molecule has 0 aliphatic carbocycles. The fourth-order valence-corrected chi connectivity index (χ4v) is 3.45. The highest BCUT2D eigenvalue weighted by molar-refractivity contribution is 8.00. The van der Waals surface area contributed by atoms with Crippen molar-refractivity contribution in [2.24, 2.45) is 0 Å². The van der Waals surface area contributed by atoms with Gasteiger partial charge in [0.2, 0.25) is 0 Å². The summed E-state index contributed by atoms with van der Waals surface area (Å²) in [5.41, 5.74) is 4.04. The number of carbonyl (C=O) groups excluding carboxylic acids is 2. The monoisotopic (exact) mass is 396 g/mol. The zero-order valence-corrected chi connectivity index (χ0v) is 17.2. The molecule has 0 bridgehead atoms. The van der Waals surface area contributed by atoms with E-state index < -0.39 is 5.97 Å². The van der Waals surface area contributed by atoms with Crippen molar-refractivity contribution in [1.29, 1.82) is 5.26 Å². The molecular weight excluding hydrogens is 372 g/mol. The van der Waals surface area contributed by atoms with Gasteiger partial charge in [0.25, 0.3) is 5.91 Å². The fraction of sp³-hybridized carbons (Fsp3) is 0.318. The summed E-state index contributed by atoms with van der Waals surface area (Å²) in [7, 11) is 0. The lowest BCUT2D eigenvalue weighted by atomic mass is 10.2. The number of esters is 1. The number of hydrogen-bond acceptors (Lipinski definition) is 5. The second-order valence-electron chi connectivity index (χ2n) is 6.51. The highest BCUT2D eigenvalue weighted by atomic mass is 32.2. The van der Waals surface area contributed by atoms with Gasteiger partial charge in [-0.1, -0.05) is 35.4 Å². The molecule has 0 saturated carbocycles. The van der Waals surface area contributed by atoms with Crippen LogP contribution in [0.3, 0.4) is 0 Å². The third-order valence-corrected chi connectivity index (χ3v) is 5.28. The molecule has 0 N–H and O–H groups in total. The first-order valence-corrected chi connectivity index (χ1v) is 9.99. The van der Waals surface area contributed by atoms with Crippen LogP contribution in [0.1, 0.15) is 23.1 Å². The SMILES string of the molecule is Cc1ccc(N(CCC#N)C(=O)COC(=O)CSc2ccc(C)cc2C)cc1. The molecule has 2 rings (SSSR count). The quantitative estimate of drug-likeness (QED) is 0.494. The van der Waals surface area contributed by atoms with Crippen LogP contribution >= 0.6 is 11.8 Å². The molecule has 0 aliphatic heterocycles. The molecule has 2 aromatic carbocycles. The minimum absolute atomic E-state index is 0.139. The fourth-order valence-electron chi connectivity index (χ4n) is 2.64. The summed E-state index contributed by atoms with van der Waals surface area (Å²) in [4.78, 5) is 27.1. The Balaban J connectivity index is 1.91. The number of carbonyl (C=O) groups is 2. The van der Waals surface area contributed by atoms with E-state index in [1.54, 1.807) is 0 Å². The first-order valence-electron chi connectivity index (χ1n) is 9.00. The molecule has 2 aromatic rings. The van der Waals surface area contributed by atoms with Gasteiger partial charge in [-0.3, -0.25) is 9.59 Å². The van der Waals surface area contributed by atoms with Crippen LogP contribution in [-0.4, -0.2) is 30.8 Å². The van der Waals surface area contributed by atoms with E-state index in [0.29, 0.717) is 5.69 Å². The predicted molar refractivity (Wildman–Crippen MR) is 111 cm³/mol. The van der Waals surface area contributed by atoms with Crippen LogP contribution in [0.2, 0.25) is 0 Å².